The fraction of sp³-hybridized carbons (Fsp3) is 0.654. The van der Waals surface area contributed by atoms with Crippen molar-refractivity contribution in [1.29, 1.82) is 0 Å². The van der Waals surface area contributed by atoms with E-state index < -0.39 is 17.6 Å². The molecule has 0 aliphatic carbocycles. The number of carbonyl (C=O) groups excluding carboxylic acids is 3. The number of methoxy groups -OCH3 is 3. The molecule has 1 aromatic carbocycles. The summed E-state index contributed by atoms with van der Waals surface area (Å²) in [5.74, 6) is 0.484. The fourth-order valence-electron chi connectivity index (χ4n) is 4.74. The van der Waals surface area contributed by atoms with Gasteiger partial charge in [-0.1, -0.05) is 0 Å². The molecular weight excluding hydrogens is 466 g/mol. The van der Waals surface area contributed by atoms with Gasteiger partial charge < -0.3 is 34.1 Å². The number of urea groups is 1. The maximum atomic E-state index is 13.2. The lowest BCUT2D eigenvalue weighted by atomic mass is 9.77. The Kier molecular flexibility index (Phi) is 8.71. The Balaban J connectivity index is 1.58. The van der Waals surface area contributed by atoms with Crippen molar-refractivity contribution in [2.24, 2.45) is 5.41 Å². The Morgan fingerprint density at radius 1 is 1.00 bits per heavy atom. The molecule has 0 bridgehead atoms. The van der Waals surface area contributed by atoms with E-state index in [0.29, 0.717) is 43.2 Å². The molecule has 1 atom stereocenters. The molecule has 2 heterocycles. The number of hydrogen-bond acceptors (Lipinski definition) is 7. The molecule has 0 unspecified atom stereocenters. The second-order valence-corrected chi connectivity index (χ2v) is 10.5. The number of ether oxygens (including phenoxy) is 4. The monoisotopic (exact) mass is 505 g/mol. The number of likely N-dealkylation sites (tertiary alicyclic amines) is 2. The molecule has 3 amide bonds. The number of rotatable bonds is 7. The zero-order chi connectivity index (χ0) is 26.5. The van der Waals surface area contributed by atoms with E-state index in [1.165, 1.54) is 7.11 Å². The molecule has 2 aliphatic rings. The van der Waals surface area contributed by atoms with Crippen LogP contribution in [0.25, 0.3) is 0 Å². The fourth-order valence-corrected chi connectivity index (χ4v) is 4.74. The molecule has 1 aromatic rings. The molecule has 36 heavy (non-hydrogen) atoms. The molecule has 2 fully saturated rings. The number of carbonyl (C=O) groups is 3. The Bertz CT molecular complexity index is 951. The number of amides is 3. The topological polar surface area (TPSA) is 107 Å². The van der Waals surface area contributed by atoms with Crippen molar-refractivity contribution in [1.82, 2.24) is 15.1 Å². The van der Waals surface area contributed by atoms with Crippen molar-refractivity contribution >= 4 is 17.9 Å². The number of hydrogen-bond donors (Lipinski definition) is 1. The minimum absolute atomic E-state index is 0.0334. The molecular formula is C26H39N3O7. The SMILES string of the molecule is COC(=O)[C@H](COC(C)(C)C)NC(=O)N1CCC2(CCN(C(=O)c3cc(OC)ccc3OC)CC2)C1. The Labute approximate surface area is 213 Å². The molecule has 0 saturated carbocycles. The number of esters is 1. The van der Waals surface area contributed by atoms with Crippen LogP contribution in [0.15, 0.2) is 18.2 Å². The highest BCUT2D eigenvalue weighted by Crippen LogP contribution is 2.41. The third-order valence-electron chi connectivity index (χ3n) is 6.94. The van der Waals surface area contributed by atoms with Gasteiger partial charge in [0.25, 0.3) is 5.91 Å². The van der Waals surface area contributed by atoms with Gasteiger partial charge in [-0.3, -0.25) is 4.79 Å². The molecule has 1 N–H and O–H groups in total. The first-order chi connectivity index (χ1) is 17.0. The average molecular weight is 506 g/mol. The van der Waals surface area contributed by atoms with Crippen LogP contribution >= 0.6 is 0 Å². The van der Waals surface area contributed by atoms with Gasteiger partial charge >= 0.3 is 12.0 Å². The van der Waals surface area contributed by atoms with Crippen LogP contribution in [0, 0.1) is 5.41 Å². The van der Waals surface area contributed by atoms with Crippen LogP contribution in [-0.4, -0.2) is 93.5 Å². The van der Waals surface area contributed by atoms with E-state index in [1.54, 1.807) is 37.3 Å². The van der Waals surface area contributed by atoms with Crippen LogP contribution in [0.5, 0.6) is 11.5 Å². The third kappa shape index (κ3) is 6.60. The Morgan fingerprint density at radius 3 is 2.19 bits per heavy atom. The summed E-state index contributed by atoms with van der Waals surface area (Å²) in [4.78, 5) is 42.0. The predicted octanol–water partition coefficient (Wildman–Crippen LogP) is 2.70. The van der Waals surface area contributed by atoms with Crippen LogP contribution in [0.1, 0.15) is 50.4 Å². The molecule has 1 spiro atoms. The van der Waals surface area contributed by atoms with Gasteiger partial charge in [-0.2, -0.15) is 0 Å². The smallest absolute Gasteiger partial charge is 0.330 e. The quantitative estimate of drug-likeness (QED) is 0.568. The van der Waals surface area contributed by atoms with E-state index in [2.05, 4.69) is 5.32 Å². The minimum Gasteiger partial charge on any atom is -0.497 e. The van der Waals surface area contributed by atoms with Crippen LogP contribution in [0.3, 0.4) is 0 Å². The second kappa shape index (κ2) is 11.4. The van der Waals surface area contributed by atoms with Gasteiger partial charge in [0.15, 0.2) is 6.04 Å². The van der Waals surface area contributed by atoms with Crippen molar-refractivity contribution in [3.05, 3.63) is 23.8 Å². The van der Waals surface area contributed by atoms with E-state index in [9.17, 15) is 14.4 Å². The van der Waals surface area contributed by atoms with Crippen LogP contribution in [0.2, 0.25) is 0 Å². The standard InChI is InChI=1S/C26H39N3O7/c1-25(2,3)36-16-20(23(31)35-6)27-24(32)29-14-11-26(17-29)9-12-28(13-10-26)22(30)19-15-18(33-4)7-8-21(19)34-5/h7-8,15,20H,9-14,16-17H2,1-6H3,(H,27,32)/t20-/m0/s1. The molecule has 0 radical (unpaired) electrons. The minimum atomic E-state index is -0.879. The summed E-state index contributed by atoms with van der Waals surface area (Å²) in [6.07, 6.45) is 2.44. The second-order valence-electron chi connectivity index (χ2n) is 10.5. The molecule has 2 aliphatic heterocycles. The van der Waals surface area contributed by atoms with Gasteiger partial charge in [0.1, 0.15) is 11.5 Å². The molecule has 3 rings (SSSR count). The molecule has 200 valence electrons. The van der Waals surface area contributed by atoms with E-state index in [0.717, 1.165) is 19.3 Å². The zero-order valence-electron chi connectivity index (χ0n) is 22.2. The van der Waals surface area contributed by atoms with Gasteiger partial charge in [-0.15, -0.1) is 0 Å². The molecule has 2 saturated heterocycles. The van der Waals surface area contributed by atoms with Crippen molar-refractivity contribution in [3.8, 4) is 11.5 Å². The average Bonchev–Trinajstić information content (AvgIpc) is 3.28. The van der Waals surface area contributed by atoms with Gasteiger partial charge in [0.05, 0.1) is 39.1 Å². The Morgan fingerprint density at radius 2 is 1.64 bits per heavy atom. The van der Waals surface area contributed by atoms with E-state index in [-0.39, 0.29) is 24.0 Å². The van der Waals surface area contributed by atoms with Gasteiger partial charge in [-0.25, -0.2) is 9.59 Å². The number of nitrogens with one attached hydrogen (secondary N) is 1. The highest BCUT2D eigenvalue weighted by molar-refractivity contribution is 5.97. The van der Waals surface area contributed by atoms with Crippen molar-refractivity contribution in [3.63, 3.8) is 0 Å². The summed E-state index contributed by atoms with van der Waals surface area (Å²) in [5.41, 5.74) is -0.0175. The number of benzene rings is 1. The summed E-state index contributed by atoms with van der Waals surface area (Å²) < 4.78 is 21.2. The van der Waals surface area contributed by atoms with Crippen LogP contribution in [0.4, 0.5) is 4.79 Å². The van der Waals surface area contributed by atoms with Crippen molar-refractivity contribution in [2.45, 2.75) is 51.7 Å². The maximum Gasteiger partial charge on any atom is 0.330 e. The first-order valence-corrected chi connectivity index (χ1v) is 12.3. The summed E-state index contributed by atoms with van der Waals surface area (Å²) in [6.45, 7) is 8.05. The highest BCUT2D eigenvalue weighted by Gasteiger charge is 2.43. The Hall–Kier alpha value is -3.01. The molecule has 0 aromatic heterocycles. The molecule has 10 heteroatoms. The summed E-state index contributed by atoms with van der Waals surface area (Å²) >= 11 is 0. The normalized spacial score (nSPS) is 18.1. The summed E-state index contributed by atoms with van der Waals surface area (Å²) in [6, 6.07) is 4.02. The highest BCUT2D eigenvalue weighted by atomic mass is 16.5. The number of piperidine rings is 1. The maximum absolute atomic E-state index is 13.2. The van der Waals surface area contributed by atoms with Gasteiger partial charge in [-0.05, 0) is 63.6 Å². The zero-order valence-corrected chi connectivity index (χ0v) is 22.2. The van der Waals surface area contributed by atoms with Crippen LogP contribution < -0.4 is 14.8 Å². The first kappa shape index (κ1) is 27.6. The lowest BCUT2D eigenvalue weighted by Crippen LogP contribution is -2.51. The first-order valence-electron chi connectivity index (χ1n) is 12.3. The summed E-state index contributed by atoms with van der Waals surface area (Å²) in [5, 5.41) is 2.77. The van der Waals surface area contributed by atoms with E-state index >= 15 is 0 Å². The van der Waals surface area contributed by atoms with Crippen LogP contribution in [-0.2, 0) is 14.3 Å². The molecule has 10 nitrogen and oxygen atoms in total. The lowest BCUT2D eigenvalue weighted by molar-refractivity contribution is -0.146. The lowest BCUT2D eigenvalue weighted by Gasteiger charge is -2.39. The summed E-state index contributed by atoms with van der Waals surface area (Å²) in [7, 11) is 4.40. The largest absolute Gasteiger partial charge is 0.497 e. The van der Waals surface area contributed by atoms with Gasteiger partial charge in [0, 0.05) is 26.2 Å². The van der Waals surface area contributed by atoms with Crippen molar-refractivity contribution < 1.29 is 33.3 Å². The third-order valence-corrected chi connectivity index (χ3v) is 6.94. The number of nitrogens with zero attached hydrogens (tertiary/aromatic N) is 2. The predicted molar refractivity (Wildman–Crippen MR) is 133 cm³/mol. The van der Waals surface area contributed by atoms with E-state index in [4.69, 9.17) is 18.9 Å². The van der Waals surface area contributed by atoms with Gasteiger partial charge in [0.2, 0.25) is 0 Å². The van der Waals surface area contributed by atoms with E-state index in [1.807, 2.05) is 25.7 Å². The van der Waals surface area contributed by atoms with Crippen molar-refractivity contribution in [2.75, 3.05) is 54.1 Å².